The van der Waals surface area contributed by atoms with Crippen molar-refractivity contribution in [2.24, 2.45) is 5.92 Å². The van der Waals surface area contributed by atoms with Gasteiger partial charge in [-0.25, -0.2) is 0 Å². The first-order chi connectivity index (χ1) is 10.6. The maximum Gasteiger partial charge on any atom is 0.247 e. The van der Waals surface area contributed by atoms with E-state index in [1.54, 1.807) is 29.1 Å². The van der Waals surface area contributed by atoms with Crippen LogP contribution in [0.4, 0.5) is 5.00 Å². The van der Waals surface area contributed by atoms with Gasteiger partial charge in [0, 0.05) is 36.2 Å². The molecule has 2 aromatic rings. The van der Waals surface area contributed by atoms with E-state index in [1.807, 2.05) is 32.2 Å². The minimum Gasteiger partial charge on any atom is -0.491 e. The maximum atomic E-state index is 12.5. The molecule has 2 heterocycles. The van der Waals surface area contributed by atoms with Gasteiger partial charge in [-0.1, -0.05) is 18.3 Å². The molecule has 0 radical (unpaired) electrons. The van der Waals surface area contributed by atoms with Crippen molar-refractivity contribution in [3.8, 4) is 16.5 Å². The summed E-state index contributed by atoms with van der Waals surface area (Å²) in [7, 11) is 0. The smallest absolute Gasteiger partial charge is 0.247 e. The fourth-order valence-electron chi connectivity index (χ4n) is 2.08. The molecular formula is C15H19N3O2S2. The predicted octanol–water partition coefficient (Wildman–Crippen LogP) is 3.26. The van der Waals surface area contributed by atoms with Gasteiger partial charge in [0.15, 0.2) is 5.00 Å². The summed E-state index contributed by atoms with van der Waals surface area (Å²) in [4.78, 5) is 22.4. The molecular weight excluding hydrogens is 318 g/mol. The minimum atomic E-state index is -0.101. The molecule has 0 aromatic carbocycles. The zero-order valence-electron chi connectivity index (χ0n) is 12.8. The van der Waals surface area contributed by atoms with Crippen LogP contribution in [-0.4, -0.2) is 39.5 Å². The highest BCUT2D eigenvalue weighted by atomic mass is 32.2. The number of pyridine rings is 1. The molecule has 118 valence electrons. The first-order valence-electron chi connectivity index (χ1n) is 6.99. The number of hydrogen-bond donors (Lipinski definition) is 1. The number of thioether (sulfide) groups is 1. The van der Waals surface area contributed by atoms with Gasteiger partial charge in [0.2, 0.25) is 11.8 Å². The molecule has 7 heteroatoms. The quantitative estimate of drug-likeness (QED) is 0.876. The third-order valence-electron chi connectivity index (χ3n) is 3.17. The topological polar surface area (TPSA) is 66.3 Å². The van der Waals surface area contributed by atoms with Crippen LogP contribution >= 0.6 is 23.1 Å². The number of nitrogens with zero attached hydrogens (tertiary/aromatic N) is 3. The van der Waals surface area contributed by atoms with E-state index in [2.05, 4.69) is 9.97 Å². The van der Waals surface area contributed by atoms with Crippen molar-refractivity contribution in [2.45, 2.75) is 13.8 Å². The molecule has 1 amide bonds. The van der Waals surface area contributed by atoms with Crippen LogP contribution in [0.1, 0.15) is 13.8 Å². The van der Waals surface area contributed by atoms with Crippen molar-refractivity contribution in [2.75, 3.05) is 23.5 Å². The summed E-state index contributed by atoms with van der Waals surface area (Å²) >= 11 is 2.94. The van der Waals surface area contributed by atoms with Gasteiger partial charge in [-0.15, -0.1) is 0 Å². The van der Waals surface area contributed by atoms with Crippen LogP contribution in [-0.2, 0) is 4.79 Å². The molecule has 1 atom stereocenters. The molecule has 5 nitrogen and oxygen atoms in total. The Hall–Kier alpha value is -1.60. The fraction of sp³-hybridized carbons (Fsp3) is 0.400. The third-order valence-corrected chi connectivity index (χ3v) is 5.12. The number of rotatable bonds is 6. The molecule has 22 heavy (non-hydrogen) atoms. The van der Waals surface area contributed by atoms with Gasteiger partial charge < -0.3 is 5.11 Å². The standard InChI is InChI=1S/C15H19N3O2S2/c1-4-18(14(20)10(2)9-21-3)15-12(19)17-13(22-15)11-6-5-7-16-8-11/h5-8,10,19H,4,9H2,1-3H3. The lowest BCUT2D eigenvalue weighted by Crippen LogP contribution is -2.35. The highest BCUT2D eigenvalue weighted by Gasteiger charge is 2.25. The highest BCUT2D eigenvalue weighted by molar-refractivity contribution is 7.98. The molecule has 0 aliphatic heterocycles. The van der Waals surface area contributed by atoms with Crippen LogP contribution in [0, 0.1) is 5.92 Å². The summed E-state index contributed by atoms with van der Waals surface area (Å²) in [5.74, 6) is 0.562. The molecule has 0 aliphatic rings. The zero-order valence-corrected chi connectivity index (χ0v) is 14.4. The molecule has 2 rings (SSSR count). The Bertz CT molecular complexity index is 631. The lowest BCUT2D eigenvalue weighted by atomic mass is 10.2. The third kappa shape index (κ3) is 3.59. The Morgan fingerprint density at radius 3 is 2.91 bits per heavy atom. The van der Waals surface area contributed by atoms with E-state index in [0.29, 0.717) is 16.6 Å². The summed E-state index contributed by atoms with van der Waals surface area (Å²) in [5.41, 5.74) is 0.828. The summed E-state index contributed by atoms with van der Waals surface area (Å²) in [6.07, 6.45) is 5.35. The van der Waals surface area contributed by atoms with Crippen LogP contribution in [0.3, 0.4) is 0 Å². The Labute approximate surface area is 138 Å². The van der Waals surface area contributed by atoms with E-state index in [1.165, 1.54) is 11.3 Å². The molecule has 0 spiro atoms. The number of aromatic nitrogens is 2. The van der Waals surface area contributed by atoms with Crippen molar-refractivity contribution < 1.29 is 9.90 Å². The average Bonchev–Trinajstić information content (AvgIpc) is 2.91. The number of anilines is 1. The highest BCUT2D eigenvalue weighted by Crippen LogP contribution is 2.39. The van der Waals surface area contributed by atoms with Gasteiger partial charge in [-0.2, -0.15) is 16.7 Å². The number of aromatic hydroxyl groups is 1. The van der Waals surface area contributed by atoms with Crippen molar-refractivity contribution in [1.29, 1.82) is 0 Å². The normalized spacial score (nSPS) is 12.1. The summed E-state index contributed by atoms with van der Waals surface area (Å²) in [6, 6.07) is 3.69. The SMILES string of the molecule is CCN(C(=O)C(C)CSC)c1sc(-c2cccnc2)nc1O. The predicted molar refractivity (Wildman–Crippen MR) is 92.6 cm³/mol. The van der Waals surface area contributed by atoms with Gasteiger partial charge in [-0.05, 0) is 25.3 Å². The molecule has 2 aromatic heterocycles. The lowest BCUT2D eigenvalue weighted by Gasteiger charge is -2.22. The van der Waals surface area contributed by atoms with Crippen molar-refractivity contribution in [3.63, 3.8) is 0 Å². The molecule has 0 fully saturated rings. The van der Waals surface area contributed by atoms with Gasteiger partial charge in [0.05, 0.1) is 0 Å². The Balaban J connectivity index is 2.31. The molecule has 1 unspecified atom stereocenters. The van der Waals surface area contributed by atoms with Crippen LogP contribution in [0.15, 0.2) is 24.5 Å². The largest absolute Gasteiger partial charge is 0.491 e. The second-order valence-corrected chi connectivity index (χ2v) is 6.72. The lowest BCUT2D eigenvalue weighted by molar-refractivity contribution is -0.121. The zero-order chi connectivity index (χ0) is 16.1. The van der Waals surface area contributed by atoms with Gasteiger partial charge in [0.1, 0.15) is 5.01 Å². The molecule has 0 saturated heterocycles. The van der Waals surface area contributed by atoms with Crippen LogP contribution in [0.25, 0.3) is 10.6 Å². The molecule has 0 saturated carbocycles. The van der Waals surface area contributed by atoms with Crippen molar-refractivity contribution in [3.05, 3.63) is 24.5 Å². The van der Waals surface area contributed by atoms with E-state index in [9.17, 15) is 9.90 Å². The van der Waals surface area contributed by atoms with Gasteiger partial charge >= 0.3 is 0 Å². The van der Waals surface area contributed by atoms with Crippen LogP contribution < -0.4 is 4.90 Å². The molecule has 0 aliphatic carbocycles. The van der Waals surface area contributed by atoms with E-state index in [-0.39, 0.29) is 17.7 Å². The fourth-order valence-corrected chi connectivity index (χ4v) is 3.74. The van der Waals surface area contributed by atoms with E-state index < -0.39 is 0 Å². The van der Waals surface area contributed by atoms with Crippen LogP contribution in [0.2, 0.25) is 0 Å². The summed E-state index contributed by atoms with van der Waals surface area (Å²) in [5, 5.41) is 11.3. The second kappa shape index (κ2) is 7.60. The van der Waals surface area contributed by atoms with E-state index in [4.69, 9.17) is 0 Å². The number of carbonyl (C=O) groups is 1. The number of amides is 1. The molecule has 1 N–H and O–H groups in total. The second-order valence-electron chi connectivity index (χ2n) is 4.83. The first-order valence-corrected chi connectivity index (χ1v) is 9.20. The molecule has 0 bridgehead atoms. The number of carbonyl (C=O) groups excluding carboxylic acids is 1. The van der Waals surface area contributed by atoms with Gasteiger partial charge in [0.25, 0.3) is 0 Å². The number of thiazole rings is 1. The van der Waals surface area contributed by atoms with E-state index in [0.717, 1.165) is 11.3 Å². The van der Waals surface area contributed by atoms with Gasteiger partial charge in [-0.3, -0.25) is 14.7 Å². The Kier molecular flexibility index (Phi) is 5.79. The Morgan fingerprint density at radius 2 is 2.32 bits per heavy atom. The first kappa shape index (κ1) is 16.8. The summed E-state index contributed by atoms with van der Waals surface area (Å²) in [6.45, 7) is 4.30. The van der Waals surface area contributed by atoms with E-state index >= 15 is 0 Å². The monoisotopic (exact) mass is 337 g/mol. The van der Waals surface area contributed by atoms with Crippen molar-refractivity contribution >= 4 is 34.0 Å². The average molecular weight is 337 g/mol. The Morgan fingerprint density at radius 1 is 1.55 bits per heavy atom. The van der Waals surface area contributed by atoms with Crippen molar-refractivity contribution in [1.82, 2.24) is 9.97 Å². The number of hydrogen-bond acceptors (Lipinski definition) is 6. The van der Waals surface area contributed by atoms with Crippen LogP contribution in [0.5, 0.6) is 5.88 Å². The minimum absolute atomic E-state index is 0.00790. The maximum absolute atomic E-state index is 12.5. The summed E-state index contributed by atoms with van der Waals surface area (Å²) < 4.78 is 0.